The van der Waals surface area contributed by atoms with Gasteiger partial charge in [0.05, 0.1) is 0 Å². The number of halogens is 1. The van der Waals surface area contributed by atoms with E-state index in [4.69, 9.17) is 10.8 Å². The molecule has 1 rings (SSSR count). The fourth-order valence-electron chi connectivity index (χ4n) is 1.51. The molecule has 3 N–H and O–H groups in total. The van der Waals surface area contributed by atoms with Crippen LogP contribution in [0.5, 0.6) is 0 Å². The molecule has 4 heteroatoms. The van der Waals surface area contributed by atoms with Crippen LogP contribution in [-0.4, -0.2) is 17.1 Å². The van der Waals surface area contributed by atoms with Crippen molar-refractivity contribution < 1.29 is 9.90 Å². The van der Waals surface area contributed by atoms with Gasteiger partial charge in [0.2, 0.25) is 0 Å². The number of rotatable bonds is 3. The van der Waals surface area contributed by atoms with Crippen LogP contribution in [0, 0.1) is 13.8 Å². The van der Waals surface area contributed by atoms with Crippen molar-refractivity contribution in [2.75, 3.05) is 0 Å². The summed E-state index contributed by atoms with van der Waals surface area (Å²) in [5.74, 6) is -0.971. The van der Waals surface area contributed by atoms with Crippen LogP contribution in [0.4, 0.5) is 0 Å². The molecule has 1 atom stereocenters. The van der Waals surface area contributed by atoms with Crippen LogP contribution < -0.4 is 5.73 Å². The third-order valence-electron chi connectivity index (χ3n) is 2.23. The molecule has 0 aliphatic rings. The van der Waals surface area contributed by atoms with Gasteiger partial charge < -0.3 is 10.8 Å². The Morgan fingerprint density at radius 1 is 1.53 bits per heavy atom. The molecule has 0 heterocycles. The van der Waals surface area contributed by atoms with Crippen molar-refractivity contribution in [3.63, 3.8) is 0 Å². The average molecular weight is 272 g/mol. The Bertz CT molecular complexity index is 390. The highest BCUT2D eigenvalue weighted by molar-refractivity contribution is 9.10. The van der Waals surface area contributed by atoms with E-state index in [0.29, 0.717) is 6.42 Å². The molecular formula is C11H14BrNO2. The van der Waals surface area contributed by atoms with Gasteiger partial charge in [0.15, 0.2) is 0 Å². The van der Waals surface area contributed by atoms with Crippen molar-refractivity contribution in [3.8, 4) is 0 Å². The minimum Gasteiger partial charge on any atom is -0.480 e. The molecule has 0 bridgehead atoms. The maximum atomic E-state index is 10.6. The van der Waals surface area contributed by atoms with Crippen molar-refractivity contribution in [3.05, 3.63) is 33.3 Å². The van der Waals surface area contributed by atoms with Gasteiger partial charge in [0, 0.05) is 4.47 Å². The summed E-state index contributed by atoms with van der Waals surface area (Å²) in [7, 11) is 0. The second-order valence-electron chi connectivity index (χ2n) is 3.70. The molecule has 0 saturated heterocycles. The molecule has 0 amide bonds. The zero-order valence-corrected chi connectivity index (χ0v) is 10.3. The lowest BCUT2D eigenvalue weighted by molar-refractivity contribution is -0.138. The normalized spacial score (nSPS) is 12.5. The topological polar surface area (TPSA) is 63.3 Å². The number of aliphatic carboxylic acids is 1. The lowest BCUT2D eigenvalue weighted by Crippen LogP contribution is -2.32. The SMILES string of the molecule is Cc1cc(C)c(Br)c(CC(N)C(=O)O)c1. The zero-order valence-electron chi connectivity index (χ0n) is 8.75. The minimum absolute atomic E-state index is 0.346. The lowest BCUT2D eigenvalue weighted by atomic mass is 10.0. The van der Waals surface area contributed by atoms with E-state index in [1.165, 1.54) is 0 Å². The largest absolute Gasteiger partial charge is 0.480 e. The molecule has 0 aliphatic heterocycles. The van der Waals surface area contributed by atoms with Gasteiger partial charge in [-0.15, -0.1) is 0 Å². The third kappa shape index (κ3) is 3.04. The molecule has 0 aromatic heterocycles. The van der Waals surface area contributed by atoms with Crippen molar-refractivity contribution in [1.29, 1.82) is 0 Å². The van der Waals surface area contributed by atoms with Gasteiger partial charge in [0.25, 0.3) is 0 Å². The van der Waals surface area contributed by atoms with Gasteiger partial charge in [-0.25, -0.2) is 0 Å². The Hall–Kier alpha value is -0.870. The Morgan fingerprint density at radius 3 is 2.67 bits per heavy atom. The number of aryl methyl sites for hydroxylation is 2. The molecule has 3 nitrogen and oxygen atoms in total. The molecule has 0 saturated carbocycles. The third-order valence-corrected chi connectivity index (χ3v) is 3.37. The summed E-state index contributed by atoms with van der Waals surface area (Å²) in [6.07, 6.45) is 0.346. The quantitative estimate of drug-likeness (QED) is 0.884. The second kappa shape index (κ2) is 4.77. The van der Waals surface area contributed by atoms with Crippen molar-refractivity contribution in [2.24, 2.45) is 5.73 Å². The van der Waals surface area contributed by atoms with Crippen LogP contribution in [0.3, 0.4) is 0 Å². The predicted molar refractivity (Wildman–Crippen MR) is 62.9 cm³/mol. The van der Waals surface area contributed by atoms with Gasteiger partial charge >= 0.3 is 5.97 Å². The predicted octanol–water partition coefficient (Wildman–Crippen LogP) is 2.02. The lowest BCUT2D eigenvalue weighted by Gasteiger charge is -2.11. The van der Waals surface area contributed by atoms with E-state index < -0.39 is 12.0 Å². The Morgan fingerprint density at radius 2 is 2.13 bits per heavy atom. The molecule has 0 aliphatic carbocycles. The molecule has 15 heavy (non-hydrogen) atoms. The number of hydrogen-bond acceptors (Lipinski definition) is 2. The first-order valence-corrected chi connectivity index (χ1v) is 5.45. The highest BCUT2D eigenvalue weighted by Crippen LogP contribution is 2.24. The average Bonchev–Trinajstić information content (AvgIpc) is 2.13. The van der Waals surface area contributed by atoms with E-state index >= 15 is 0 Å². The van der Waals surface area contributed by atoms with Crippen molar-refractivity contribution >= 4 is 21.9 Å². The van der Waals surface area contributed by atoms with Crippen LogP contribution >= 0.6 is 15.9 Å². The van der Waals surface area contributed by atoms with Crippen molar-refractivity contribution in [2.45, 2.75) is 26.3 Å². The van der Waals surface area contributed by atoms with Crippen LogP contribution in [-0.2, 0) is 11.2 Å². The minimum atomic E-state index is -0.971. The fourth-order valence-corrected chi connectivity index (χ4v) is 1.90. The molecule has 1 aromatic rings. The first-order chi connectivity index (χ1) is 6.91. The monoisotopic (exact) mass is 271 g/mol. The standard InChI is InChI=1S/C11H14BrNO2/c1-6-3-7(2)10(12)8(4-6)5-9(13)11(14)15/h3-4,9H,5,13H2,1-2H3,(H,14,15). The van der Waals surface area contributed by atoms with Crippen LogP contribution in [0.1, 0.15) is 16.7 Å². The van der Waals surface area contributed by atoms with Crippen LogP contribution in [0.15, 0.2) is 16.6 Å². The first kappa shape index (κ1) is 12.2. The van der Waals surface area contributed by atoms with E-state index in [-0.39, 0.29) is 0 Å². The summed E-state index contributed by atoms with van der Waals surface area (Å²) >= 11 is 3.44. The molecule has 0 fully saturated rings. The number of benzene rings is 1. The van der Waals surface area contributed by atoms with E-state index in [1.807, 2.05) is 26.0 Å². The van der Waals surface area contributed by atoms with Gasteiger partial charge in [-0.2, -0.15) is 0 Å². The molecule has 1 aromatic carbocycles. The van der Waals surface area contributed by atoms with E-state index in [0.717, 1.165) is 21.2 Å². The zero-order chi connectivity index (χ0) is 11.6. The molecule has 0 spiro atoms. The summed E-state index contributed by atoms with van der Waals surface area (Å²) in [6.45, 7) is 3.96. The Kier molecular flexibility index (Phi) is 3.88. The van der Waals surface area contributed by atoms with Crippen LogP contribution in [0.25, 0.3) is 0 Å². The summed E-state index contributed by atoms with van der Waals surface area (Å²) in [6, 6.07) is 3.15. The van der Waals surface area contributed by atoms with Gasteiger partial charge in [-0.1, -0.05) is 33.6 Å². The number of carboxylic acid groups (broad SMARTS) is 1. The number of nitrogens with two attached hydrogens (primary N) is 1. The van der Waals surface area contributed by atoms with Gasteiger partial charge in [0.1, 0.15) is 6.04 Å². The Labute approximate surface area is 97.4 Å². The summed E-state index contributed by atoms with van der Waals surface area (Å²) < 4.78 is 0.949. The smallest absolute Gasteiger partial charge is 0.320 e. The molecule has 1 unspecified atom stereocenters. The number of carboxylic acids is 1. The number of hydrogen-bond donors (Lipinski definition) is 2. The van der Waals surface area contributed by atoms with E-state index in [9.17, 15) is 4.79 Å². The summed E-state index contributed by atoms with van der Waals surface area (Å²) in [5.41, 5.74) is 8.66. The van der Waals surface area contributed by atoms with Gasteiger partial charge in [-0.05, 0) is 31.4 Å². The summed E-state index contributed by atoms with van der Waals surface area (Å²) in [5, 5.41) is 8.73. The molecular weight excluding hydrogens is 258 g/mol. The van der Waals surface area contributed by atoms with E-state index in [1.54, 1.807) is 0 Å². The fraction of sp³-hybridized carbons (Fsp3) is 0.364. The first-order valence-electron chi connectivity index (χ1n) is 4.66. The number of carbonyl (C=O) groups is 1. The van der Waals surface area contributed by atoms with Crippen LogP contribution in [0.2, 0.25) is 0 Å². The second-order valence-corrected chi connectivity index (χ2v) is 4.50. The summed E-state index contributed by atoms with van der Waals surface area (Å²) in [4.78, 5) is 10.6. The highest BCUT2D eigenvalue weighted by atomic mass is 79.9. The Balaban J connectivity index is 2.99. The van der Waals surface area contributed by atoms with Gasteiger partial charge in [-0.3, -0.25) is 4.79 Å². The maximum Gasteiger partial charge on any atom is 0.320 e. The van der Waals surface area contributed by atoms with Crippen molar-refractivity contribution in [1.82, 2.24) is 0 Å². The highest BCUT2D eigenvalue weighted by Gasteiger charge is 2.14. The maximum absolute atomic E-state index is 10.6. The molecule has 82 valence electrons. The molecule has 0 radical (unpaired) electrons. The van der Waals surface area contributed by atoms with E-state index in [2.05, 4.69) is 15.9 Å².